The number of fused-ring (bicyclic) bond motifs is 1. The largest absolute Gasteiger partial charge is 0.496 e. The first-order valence-electron chi connectivity index (χ1n) is 8.02. The van der Waals surface area contributed by atoms with Gasteiger partial charge in [-0.05, 0) is 36.6 Å². The summed E-state index contributed by atoms with van der Waals surface area (Å²) >= 11 is 0. The highest BCUT2D eigenvalue weighted by Crippen LogP contribution is 2.52. The van der Waals surface area contributed by atoms with Crippen molar-refractivity contribution >= 4 is 17.7 Å². The van der Waals surface area contributed by atoms with Gasteiger partial charge in [-0.2, -0.15) is 0 Å². The molecule has 0 bridgehead atoms. The molecule has 132 valence electrons. The fourth-order valence-corrected chi connectivity index (χ4v) is 3.23. The number of nitrogens with zero attached hydrogens (tertiary/aromatic N) is 3. The molecular weight excluding hydrogens is 336 g/mol. The molecule has 26 heavy (non-hydrogen) atoms. The summed E-state index contributed by atoms with van der Waals surface area (Å²) < 4.78 is 7.00. The summed E-state index contributed by atoms with van der Waals surface area (Å²) in [4.78, 5) is 32.4. The average Bonchev–Trinajstić information content (AvgIpc) is 3.33. The lowest BCUT2D eigenvalue weighted by Gasteiger charge is -2.18. The van der Waals surface area contributed by atoms with Crippen LogP contribution in [0.25, 0.3) is 17.0 Å². The van der Waals surface area contributed by atoms with Crippen LogP contribution in [0.4, 0.5) is 0 Å². The number of amides is 1. The van der Waals surface area contributed by atoms with Gasteiger partial charge < -0.3 is 15.6 Å². The quantitative estimate of drug-likeness (QED) is 0.720. The number of primary amides is 1. The predicted octanol–water partition coefficient (Wildman–Crippen LogP) is 1.62. The van der Waals surface area contributed by atoms with E-state index in [-0.39, 0.29) is 11.3 Å². The van der Waals surface area contributed by atoms with Crippen LogP contribution in [0.5, 0.6) is 5.75 Å². The Kier molecular flexibility index (Phi) is 3.43. The van der Waals surface area contributed by atoms with E-state index < -0.39 is 17.3 Å². The normalized spacial score (nSPS) is 15.0. The molecule has 1 amide bonds. The predicted molar refractivity (Wildman–Crippen MR) is 92.0 cm³/mol. The first-order chi connectivity index (χ1) is 12.5. The zero-order valence-corrected chi connectivity index (χ0v) is 14.0. The standard InChI is InChI=1S/C18H16N4O4/c1-26-14-8-12(18(3-4-18)16(24)25)10(7-11(14)15(19)23)13-9-22-6-2-5-20-17(22)21-13/h2,5-9H,3-4H2,1H3,(H2,19,23)(H,24,25). The first kappa shape index (κ1) is 16.1. The van der Waals surface area contributed by atoms with E-state index in [0.29, 0.717) is 35.4 Å². The zero-order chi connectivity index (χ0) is 18.5. The van der Waals surface area contributed by atoms with E-state index in [1.807, 2.05) is 0 Å². The number of carbonyl (C=O) groups excluding carboxylic acids is 1. The highest BCUT2D eigenvalue weighted by atomic mass is 16.5. The van der Waals surface area contributed by atoms with E-state index in [2.05, 4.69) is 9.97 Å². The summed E-state index contributed by atoms with van der Waals surface area (Å²) in [6.45, 7) is 0. The van der Waals surface area contributed by atoms with E-state index in [4.69, 9.17) is 10.5 Å². The summed E-state index contributed by atoms with van der Waals surface area (Å²) in [5, 5.41) is 9.74. The highest BCUT2D eigenvalue weighted by molar-refractivity contribution is 5.98. The summed E-state index contributed by atoms with van der Waals surface area (Å²) in [6, 6.07) is 4.91. The molecule has 0 radical (unpaired) electrons. The van der Waals surface area contributed by atoms with Crippen LogP contribution in [-0.2, 0) is 10.2 Å². The number of hydrogen-bond acceptors (Lipinski definition) is 5. The maximum Gasteiger partial charge on any atom is 0.314 e. The van der Waals surface area contributed by atoms with Crippen LogP contribution in [0.2, 0.25) is 0 Å². The summed E-state index contributed by atoms with van der Waals surface area (Å²) in [5.41, 5.74) is 6.29. The van der Waals surface area contributed by atoms with Gasteiger partial charge in [-0.1, -0.05) is 0 Å². The molecule has 8 nitrogen and oxygen atoms in total. The van der Waals surface area contributed by atoms with Crippen LogP contribution in [0, 0.1) is 0 Å². The van der Waals surface area contributed by atoms with Gasteiger partial charge in [0.1, 0.15) is 5.75 Å². The van der Waals surface area contributed by atoms with Crippen molar-refractivity contribution in [3.05, 3.63) is 47.9 Å². The number of carboxylic acids is 1. The smallest absolute Gasteiger partial charge is 0.314 e. The molecule has 3 N–H and O–H groups in total. The molecular formula is C18H16N4O4. The lowest BCUT2D eigenvalue weighted by Crippen LogP contribution is -2.22. The number of carbonyl (C=O) groups is 2. The molecule has 0 spiro atoms. The van der Waals surface area contributed by atoms with Gasteiger partial charge in [-0.3, -0.25) is 14.0 Å². The molecule has 1 saturated carbocycles. The number of rotatable bonds is 5. The fourth-order valence-electron chi connectivity index (χ4n) is 3.23. The number of hydrogen-bond donors (Lipinski definition) is 2. The second-order valence-electron chi connectivity index (χ2n) is 6.30. The Morgan fingerprint density at radius 2 is 2.12 bits per heavy atom. The Balaban J connectivity index is 2.01. The second kappa shape index (κ2) is 5.55. The van der Waals surface area contributed by atoms with Crippen molar-refractivity contribution in [1.29, 1.82) is 0 Å². The number of carboxylic acid groups (broad SMARTS) is 1. The van der Waals surface area contributed by atoms with Crippen molar-refractivity contribution in [2.75, 3.05) is 7.11 Å². The Morgan fingerprint density at radius 3 is 2.69 bits per heavy atom. The van der Waals surface area contributed by atoms with Crippen molar-refractivity contribution in [3.63, 3.8) is 0 Å². The Labute approximate surface area is 148 Å². The number of ether oxygens (including phenoxy) is 1. The molecule has 8 heteroatoms. The SMILES string of the molecule is COc1cc(C2(C(=O)O)CC2)c(-c2cn3cccnc3n2)cc1C(N)=O. The van der Waals surface area contributed by atoms with Gasteiger partial charge >= 0.3 is 5.97 Å². The minimum atomic E-state index is -0.998. The average molecular weight is 352 g/mol. The number of methoxy groups -OCH3 is 1. The molecule has 1 fully saturated rings. The maximum atomic E-state index is 11.9. The van der Waals surface area contributed by atoms with Crippen molar-refractivity contribution < 1.29 is 19.4 Å². The van der Waals surface area contributed by atoms with Crippen LogP contribution in [0.1, 0.15) is 28.8 Å². The van der Waals surface area contributed by atoms with E-state index in [1.54, 1.807) is 41.2 Å². The highest BCUT2D eigenvalue weighted by Gasteiger charge is 2.53. The van der Waals surface area contributed by atoms with E-state index in [1.165, 1.54) is 7.11 Å². The first-order valence-corrected chi connectivity index (χ1v) is 8.02. The minimum Gasteiger partial charge on any atom is -0.496 e. The molecule has 0 saturated heterocycles. The summed E-state index contributed by atoms with van der Waals surface area (Å²) in [7, 11) is 1.42. The third-order valence-electron chi connectivity index (χ3n) is 4.79. The second-order valence-corrected chi connectivity index (χ2v) is 6.30. The maximum absolute atomic E-state index is 11.9. The van der Waals surface area contributed by atoms with Gasteiger partial charge in [0, 0.05) is 24.2 Å². The zero-order valence-electron chi connectivity index (χ0n) is 14.0. The molecule has 0 unspecified atom stereocenters. The summed E-state index contributed by atoms with van der Waals surface area (Å²) in [6.07, 6.45) is 6.19. The molecule has 3 aromatic rings. The molecule has 1 aliphatic carbocycles. The van der Waals surface area contributed by atoms with Crippen LogP contribution in [-0.4, -0.2) is 38.5 Å². The Hall–Kier alpha value is -3.42. The van der Waals surface area contributed by atoms with Gasteiger partial charge in [-0.25, -0.2) is 9.97 Å². The molecule has 0 atom stereocenters. The fraction of sp³-hybridized carbons (Fsp3) is 0.222. The third kappa shape index (κ3) is 2.30. The molecule has 1 aromatic carbocycles. The lowest BCUT2D eigenvalue weighted by molar-refractivity contribution is -0.140. The van der Waals surface area contributed by atoms with E-state index in [0.717, 1.165) is 0 Å². The molecule has 1 aliphatic rings. The van der Waals surface area contributed by atoms with E-state index >= 15 is 0 Å². The number of aliphatic carboxylic acids is 1. The van der Waals surface area contributed by atoms with Crippen molar-refractivity contribution in [1.82, 2.24) is 14.4 Å². The van der Waals surface area contributed by atoms with Gasteiger partial charge in [-0.15, -0.1) is 0 Å². The summed E-state index contributed by atoms with van der Waals surface area (Å²) in [5.74, 6) is -0.832. The van der Waals surface area contributed by atoms with Gasteiger partial charge in [0.15, 0.2) is 0 Å². The number of benzene rings is 1. The number of nitrogens with two attached hydrogens (primary N) is 1. The van der Waals surface area contributed by atoms with Crippen molar-refractivity contribution in [2.45, 2.75) is 18.3 Å². The van der Waals surface area contributed by atoms with E-state index in [9.17, 15) is 14.7 Å². The number of imidazole rings is 1. The van der Waals surface area contributed by atoms with Crippen LogP contribution < -0.4 is 10.5 Å². The van der Waals surface area contributed by atoms with Gasteiger partial charge in [0.25, 0.3) is 5.91 Å². The Bertz CT molecular complexity index is 1020. The minimum absolute atomic E-state index is 0.178. The molecule has 4 rings (SSSR count). The molecule has 2 heterocycles. The molecule has 0 aliphatic heterocycles. The third-order valence-corrected chi connectivity index (χ3v) is 4.79. The van der Waals surface area contributed by atoms with Crippen molar-refractivity contribution in [3.8, 4) is 17.0 Å². The van der Waals surface area contributed by atoms with Crippen LogP contribution in [0.15, 0.2) is 36.8 Å². The van der Waals surface area contributed by atoms with Gasteiger partial charge in [0.2, 0.25) is 5.78 Å². The topological polar surface area (TPSA) is 120 Å². The molecule has 2 aromatic heterocycles. The van der Waals surface area contributed by atoms with Crippen LogP contribution >= 0.6 is 0 Å². The van der Waals surface area contributed by atoms with Crippen LogP contribution in [0.3, 0.4) is 0 Å². The van der Waals surface area contributed by atoms with Crippen molar-refractivity contribution in [2.24, 2.45) is 5.73 Å². The lowest BCUT2D eigenvalue weighted by atomic mass is 9.88. The van der Waals surface area contributed by atoms with Gasteiger partial charge in [0.05, 0.1) is 23.8 Å². The monoisotopic (exact) mass is 352 g/mol. The Morgan fingerprint density at radius 1 is 1.35 bits per heavy atom. The number of aromatic nitrogens is 3.